The van der Waals surface area contributed by atoms with E-state index in [0.717, 1.165) is 31.4 Å². The quantitative estimate of drug-likeness (QED) is 0.602. The average Bonchev–Trinajstić information content (AvgIpc) is 2.65. The van der Waals surface area contributed by atoms with Gasteiger partial charge in [-0.15, -0.1) is 0 Å². The van der Waals surface area contributed by atoms with Crippen molar-refractivity contribution in [3.8, 4) is 0 Å². The molecule has 2 aromatic rings. The number of nitrogens with zero attached hydrogens (tertiary/aromatic N) is 1. The van der Waals surface area contributed by atoms with Crippen LogP contribution in [0.1, 0.15) is 72.8 Å². The van der Waals surface area contributed by atoms with Crippen LogP contribution in [0.3, 0.4) is 0 Å². The molecule has 0 amide bonds. The summed E-state index contributed by atoms with van der Waals surface area (Å²) in [4.78, 5) is 4.98. The molecule has 1 aromatic heterocycles. The van der Waals surface area contributed by atoms with Crippen LogP contribution in [0.2, 0.25) is 0 Å². The van der Waals surface area contributed by atoms with E-state index in [0.29, 0.717) is 0 Å². The molecule has 2 heterocycles. The summed E-state index contributed by atoms with van der Waals surface area (Å²) in [5.74, 6) is -0.532. The number of aromatic nitrogens is 1. The second-order valence-electron chi connectivity index (χ2n) is 8.58. The van der Waals surface area contributed by atoms with Crippen molar-refractivity contribution in [1.29, 1.82) is 0 Å². The number of pyridine rings is 1. The molecule has 2 aliphatic rings. The highest BCUT2D eigenvalue weighted by atomic mass is 16.7. The first kappa shape index (κ1) is 19.4. The number of hydrogen-bond acceptors (Lipinski definition) is 3. The van der Waals surface area contributed by atoms with E-state index < -0.39 is 5.79 Å². The third kappa shape index (κ3) is 3.78. The molecule has 3 heteroatoms. The van der Waals surface area contributed by atoms with Crippen LogP contribution in [0.5, 0.6) is 0 Å². The predicted octanol–water partition coefficient (Wildman–Crippen LogP) is 5.53. The van der Waals surface area contributed by atoms with Gasteiger partial charge < -0.3 is 9.47 Å². The molecular weight excluding hydrogens is 346 g/mol. The van der Waals surface area contributed by atoms with Gasteiger partial charge in [0.05, 0.1) is 12.2 Å². The molecule has 2 atom stereocenters. The Morgan fingerprint density at radius 1 is 1.11 bits per heavy atom. The van der Waals surface area contributed by atoms with E-state index in [9.17, 15) is 0 Å². The lowest BCUT2D eigenvalue weighted by Crippen LogP contribution is -2.43. The smallest absolute Gasteiger partial charge is 0.163 e. The van der Waals surface area contributed by atoms with Crippen molar-refractivity contribution in [3.05, 3.63) is 69.5 Å². The van der Waals surface area contributed by atoms with Crippen molar-refractivity contribution in [1.82, 2.24) is 4.98 Å². The number of ether oxygens (including phenoxy) is 2. The van der Waals surface area contributed by atoms with Crippen molar-refractivity contribution >= 4 is 6.08 Å². The lowest BCUT2D eigenvalue weighted by molar-refractivity contribution is -0.290. The summed E-state index contributed by atoms with van der Waals surface area (Å²) in [5, 5.41) is 0. The molecule has 3 nitrogen and oxygen atoms in total. The molecule has 0 saturated carbocycles. The molecule has 148 valence electrons. The van der Waals surface area contributed by atoms with Crippen LogP contribution in [0.4, 0.5) is 0 Å². The van der Waals surface area contributed by atoms with E-state index in [2.05, 4.69) is 57.2 Å². The lowest BCUT2D eigenvalue weighted by Gasteiger charge is -2.39. The maximum atomic E-state index is 6.14. The molecule has 28 heavy (non-hydrogen) atoms. The Morgan fingerprint density at radius 2 is 1.82 bits per heavy atom. The summed E-state index contributed by atoms with van der Waals surface area (Å²) in [7, 11) is 0. The molecule has 1 aliphatic heterocycles. The summed E-state index contributed by atoms with van der Waals surface area (Å²) in [6.07, 6.45) is 8.57. The van der Waals surface area contributed by atoms with Gasteiger partial charge in [-0.25, -0.2) is 0 Å². The second kappa shape index (κ2) is 7.46. The van der Waals surface area contributed by atoms with Crippen molar-refractivity contribution < 1.29 is 9.47 Å². The Kier molecular flexibility index (Phi) is 5.15. The highest BCUT2D eigenvalue weighted by Gasteiger charge is 2.33. The number of hydrogen-bond donors (Lipinski definition) is 0. The molecule has 1 aromatic carbocycles. The average molecular weight is 378 g/mol. The molecule has 1 saturated heterocycles. The van der Waals surface area contributed by atoms with Crippen LogP contribution in [-0.4, -0.2) is 23.0 Å². The topological polar surface area (TPSA) is 31.4 Å². The summed E-state index contributed by atoms with van der Waals surface area (Å²) in [5.41, 5.74) is 9.16. The fourth-order valence-corrected chi connectivity index (χ4v) is 4.60. The zero-order chi connectivity index (χ0) is 19.9. The number of benzene rings is 1. The first-order valence-corrected chi connectivity index (χ1v) is 10.5. The molecular formula is C25H31NO2. The standard InChI is InChI=1S/C25H31NO2/c1-6-20-15-21(28-25(4,5)27-20)11-12-22-16(2)23-13-18-9-7-8-10-19(18)14-24(23)26-17(22)3/h7-12,20-21H,6,13-15H2,1-5H3/b12-11+/t20-,21+/m0/s1. The highest BCUT2D eigenvalue weighted by Crippen LogP contribution is 2.32. The highest BCUT2D eigenvalue weighted by molar-refractivity contribution is 5.61. The SMILES string of the molecule is CC[C@H]1C[C@@H](/C=C/c2c(C)nc3c(c2C)Cc2ccccc2C3)OC(C)(C)O1. The summed E-state index contributed by atoms with van der Waals surface area (Å²) < 4.78 is 12.1. The van der Waals surface area contributed by atoms with Crippen molar-refractivity contribution in [3.63, 3.8) is 0 Å². The van der Waals surface area contributed by atoms with Gasteiger partial charge in [-0.1, -0.05) is 43.3 Å². The van der Waals surface area contributed by atoms with Gasteiger partial charge in [0.15, 0.2) is 5.79 Å². The van der Waals surface area contributed by atoms with Crippen LogP contribution in [-0.2, 0) is 22.3 Å². The summed E-state index contributed by atoms with van der Waals surface area (Å²) in [6.45, 7) is 10.5. The van der Waals surface area contributed by atoms with E-state index in [4.69, 9.17) is 14.5 Å². The minimum absolute atomic E-state index is 0.0734. The predicted molar refractivity (Wildman–Crippen MR) is 114 cm³/mol. The monoisotopic (exact) mass is 377 g/mol. The summed E-state index contributed by atoms with van der Waals surface area (Å²) in [6, 6.07) is 8.73. The Balaban J connectivity index is 1.62. The Bertz CT molecular complexity index is 913. The first-order chi connectivity index (χ1) is 13.4. The Morgan fingerprint density at radius 3 is 2.54 bits per heavy atom. The van der Waals surface area contributed by atoms with Crippen molar-refractivity contribution in [2.24, 2.45) is 0 Å². The fourth-order valence-electron chi connectivity index (χ4n) is 4.60. The molecule has 0 unspecified atom stereocenters. The van der Waals surface area contributed by atoms with Crippen LogP contribution in [0.15, 0.2) is 30.3 Å². The van der Waals surface area contributed by atoms with Gasteiger partial charge in [0.25, 0.3) is 0 Å². The van der Waals surface area contributed by atoms with E-state index in [-0.39, 0.29) is 12.2 Å². The molecule has 0 bridgehead atoms. The lowest BCUT2D eigenvalue weighted by atomic mass is 9.85. The normalized spacial score (nSPS) is 23.5. The largest absolute Gasteiger partial charge is 0.347 e. The first-order valence-electron chi connectivity index (χ1n) is 10.5. The van der Waals surface area contributed by atoms with Crippen LogP contribution in [0.25, 0.3) is 6.08 Å². The van der Waals surface area contributed by atoms with Crippen LogP contribution >= 0.6 is 0 Å². The van der Waals surface area contributed by atoms with E-state index >= 15 is 0 Å². The van der Waals surface area contributed by atoms with Gasteiger partial charge >= 0.3 is 0 Å². The number of rotatable bonds is 3. The van der Waals surface area contributed by atoms with Crippen LogP contribution < -0.4 is 0 Å². The number of aryl methyl sites for hydroxylation is 1. The van der Waals surface area contributed by atoms with Crippen molar-refractivity contribution in [2.45, 2.75) is 78.3 Å². The summed E-state index contributed by atoms with van der Waals surface area (Å²) >= 11 is 0. The van der Waals surface area contributed by atoms with Gasteiger partial charge in [0.1, 0.15) is 0 Å². The second-order valence-corrected chi connectivity index (χ2v) is 8.58. The van der Waals surface area contributed by atoms with Crippen LogP contribution in [0, 0.1) is 13.8 Å². The molecule has 0 N–H and O–H groups in total. The maximum Gasteiger partial charge on any atom is 0.163 e. The third-order valence-electron chi connectivity index (χ3n) is 6.05. The minimum atomic E-state index is -0.532. The number of fused-ring (bicyclic) bond motifs is 2. The molecule has 0 spiro atoms. The zero-order valence-corrected chi connectivity index (χ0v) is 17.7. The zero-order valence-electron chi connectivity index (χ0n) is 17.7. The third-order valence-corrected chi connectivity index (χ3v) is 6.05. The van der Waals surface area contributed by atoms with Gasteiger partial charge in [-0.2, -0.15) is 0 Å². The Labute approximate surface area is 168 Å². The Hall–Kier alpha value is -1.97. The van der Waals surface area contributed by atoms with Gasteiger partial charge in [-0.3, -0.25) is 4.98 Å². The van der Waals surface area contributed by atoms with E-state index in [1.165, 1.54) is 33.5 Å². The molecule has 1 fully saturated rings. The molecule has 1 aliphatic carbocycles. The van der Waals surface area contributed by atoms with Gasteiger partial charge in [0.2, 0.25) is 0 Å². The molecule has 0 radical (unpaired) electrons. The minimum Gasteiger partial charge on any atom is -0.347 e. The van der Waals surface area contributed by atoms with Gasteiger partial charge in [-0.05, 0) is 68.4 Å². The maximum absolute atomic E-state index is 6.14. The van der Waals surface area contributed by atoms with E-state index in [1.54, 1.807) is 0 Å². The molecule has 4 rings (SSSR count). The fraction of sp³-hybridized carbons (Fsp3) is 0.480. The van der Waals surface area contributed by atoms with E-state index in [1.807, 2.05) is 13.8 Å². The van der Waals surface area contributed by atoms with Crippen molar-refractivity contribution in [2.75, 3.05) is 0 Å². The van der Waals surface area contributed by atoms with Gasteiger partial charge in [0, 0.05) is 24.2 Å².